The Morgan fingerprint density at radius 1 is 1.27 bits per heavy atom. The third kappa shape index (κ3) is 2.56. The molecule has 0 aliphatic carbocycles. The van der Waals surface area contributed by atoms with Gasteiger partial charge in [0.05, 0.1) is 18.1 Å². The van der Waals surface area contributed by atoms with E-state index in [2.05, 4.69) is 0 Å². The van der Waals surface area contributed by atoms with Gasteiger partial charge in [0, 0.05) is 5.92 Å². The molecule has 1 aliphatic heterocycles. The van der Waals surface area contributed by atoms with E-state index in [1.165, 1.54) is 12.1 Å². The first-order valence-corrected chi connectivity index (χ1v) is 6.14. The Morgan fingerprint density at radius 2 is 1.87 bits per heavy atom. The molecule has 1 fully saturated rings. The summed E-state index contributed by atoms with van der Waals surface area (Å²) < 4.78 is 35.4. The van der Waals surface area contributed by atoms with E-state index in [0.29, 0.717) is 5.92 Å². The monoisotopic (exact) mass is 228 g/mol. The molecule has 1 aromatic rings. The van der Waals surface area contributed by atoms with Crippen LogP contribution in [0.3, 0.4) is 0 Å². The predicted molar refractivity (Wildman–Crippen MR) is 54.3 cm³/mol. The SMILES string of the molecule is O=S(=O)(O)c1ccc(CC2COC2)cc1. The van der Waals surface area contributed by atoms with Crippen LogP contribution < -0.4 is 0 Å². The summed E-state index contributed by atoms with van der Waals surface area (Å²) in [6.07, 6.45) is 0.895. The molecular weight excluding hydrogens is 216 g/mol. The van der Waals surface area contributed by atoms with Crippen molar-refractivity contribution in [2.24, 2.45) is 5.92 Å². The first kappa shape index (κ1) is 10.6. The molecule has 0 unspecified atom stereocenters. The first-order chi connectivity index (χ1) is 7.05. The zero-order valence-electron chi connectivity index (χ0n) is 8.09. The second-order valence-corrected chi connectivity index (χ2v) is 5.15. The molecule has 0 radical (unpaired) electrons. The highest BCUT2D eigenvalue weighted by molar-refractivity contribution is 7.85. The van der Waals surface area contributed by atoms with Crippen molar-refractivity contribution in [3.05, 3.63) is 29.8 Å². The van der Waals surface area contributed by atoms with Crippen LogP contribution in [0.15, 0.2) is 29.2 Å². The lowest BCUT2D eigenvalue weighted by atomic mass is 9.98. The Morgan fingerprint density at radius 3 is 2.27 bits per heavy atom. The fourth-order valence-electron chi connectivity index (χ4n) is 1.53. The first-order valence-electron chi connectivity index (χ1n) is 4.70. The van der Waals surface area contributed by atoms with E-state index >= 15 is 0 Å². The molecule has 1 N–H and O–H groups in total. The second kappa shape index (κ2) is 3.92. The maximum atomic E-state index is 10.8. The molecular formula is C10H12O4S. The van der Waals surface area contributed by atoms with E-state index in [1.54, 1.807) is 12.1 Å². The lowest BCUT2D eigenvalue weighted by Gasteiger charge is -2.25. The van der Waals surface area contributed by atoms with Crippen molar-refractivity contribution in [1.29, 1.82) is 0 Å². The van der Waals surface area contributed by atoms with Crippen LogP contribution >= 0.6 is 0 Å². The minimum absolute atomic E-state index is 0.0592. The number of hydrogen-bond acceptors (Lipinski definition) is 3. The maximum absolute atomic E-state index is 10.8. The van der Waals surface area contributed by atoms with Gasteiger partial charge in [0.2, 0.25) is 0 Å². The molecule has 4 nitrogen and oxygen atoms in total. The van der Waals surface area contributed by atoms with Crippen LogP contribution in [0.1, 0.15) is 5.56 Å². The molecule has 0 bridgehead atoms. The normalized spacial score (nSPS) is 17.4. The molecule has 1 heterocycles. The molecule has 0 aromatic heterocycles. The number of hydrogen-bond donors (Lipinski definition) is 1. The standard InChI is InChI=1S/C10H12O4S/c11-15(12,13)10-3-1-8(2-4-10)5-9-6-14-7-9/h1-4,9H,5-7H2,(H,11,12,13). The zero-order chi connectivity index (χ0) is 10.9. The predicted octanol–water partition coefficient (Wildman–Crippen LogP) is 1.12. The average molecular weight is 228 g/mol. The van der Waals surface area contributed by atoms with Gasteiger partial charge in [-0.2, -0.15) is 8.42 Å². The third-order valence-corrected chi connectivity index (χ3v) is 3.32. The third-order valence-electron chi connectivity index (χ3n) is 2.45. The van der Waals surface area contributed by atoms with Gasteiger partial charge in [-0.15, -0.1) is 0 Å². The highest BCUT2D eigenvalue weighted by atomic mass is 32.2. The maximum Gasteiger partial charge on any atom is 0.294 e. The molecule has 1 aromatic carbocycles. The minimum Gasteiger partial charge on any atom is -0.381 e. The van der Waals surface area contributed by atoms with Crippen molar-refractivity contribution in [2.45, 2.75) is 11.3 Å². The molecule has 0 atom stereocenters. The van der Waals surface area contributed by atoms with Crippen LogP contribution in [-0.4, -0.2) is 26.2 Å². The highest BCUT2D eigenvalue weighted by Gasteiger charge is 2.18. The van der Waals surface area contributed by atoms with Crippen LogP contribution in [-0.2, 0) is 21.3 Å². The van der Waals surface area contributed by atoms with Crippen LogP contribution in [0, 0.1) is 5.92 Å². The van der Waals surface area contributed by atoms with E-state index in [9.17, 15) is 8.42 Å². The molecule has 82 valence electrons. The Labute approximate surface area is 88.6 Å². The average Bonchev–Trinajstić information content (AvgIpc) is 2.11. The van der Waals surface area contributed by atoms with Gasteiger partial charge in [-0.1, -0.05) is 12.1 Å². The van der Waals surface area contributed by atoms with E-state index in [-0.39, 0.29) is 4.90 Å². The van der Waals surface area contributed by atoms with Crippen LogP contribution in [0.5, 0.6) is 0 Å². The summed E-state index contributed by atoms with van der Waals surface area (Å²) in [5.41, 5.74) is 1.07. The van der Waals surface area contributed by atoms with Crippen molar-refractivity contribution < 1.29 is 17.7 Å². The fraction of sp³-hybridized carbons (Fsp3) is 0.400. The van der Waals surface area contributed by atoms with E-state index < -0.39 is 10.1 Å². The Kier molecular flexibility index (Phi) is 2.77. The minimum atomic E-state index is -4.06. The van der Waals surface area contributed by atoms with Gasteiger partial charge in [0.25, 0.3) is 10.1 Å². The van der Waals surface area contributed by atoms with Gasteiger partial charge in [0.1, 0.15) is 0 Å². The molecule has 1 saturated heterocycles. The summed E-state index contributed by atoms with van der Waals surface area (Å²) in [5.74, 6) is 0.543. The van der Waals surface area contributed by atoms with Crippen molar-refractivity contribution in [1.82, 2.24) is 0 Å². The summed E-state index contributed by atoms with van der Waals surface area (Å²) >= 11 is 0. The lowest BCUT2D eigenvalue weighted by Crippen LogP contribution is -2.29. The highest BCUT2D eigenvalue weighted by Crippen LogP contribution is 2.18. The quantitative estimate of drug-likeness (QED) is 0.787. The van der Waals surface area contributed by atoms with Gasteiger partial charge in [-0.05, 0) is 24.1 Å². The Hall–Kier alpha value is -0.910. The van der Waals surface area contributed by atoms with Crippen molar-refractivity contribution >= 4 is 10.1 Å². The van der Waals surface area contributed by atoms with Gasteiger partial charge in [0.15, 0.2) is 0 Å². The van der Waals surface area contributed by atoms with E-state index in [0.717, 1.165) is 25.2 Å². The molecule has 5 heteroatoms. The number of benzene rings is 1. The van der Waals surface area contributed by atoms with E-state index in [4.69, 9.17) is 9.29 Å². The molecule has 0 saturated carbocycles. The number of ether oxygens (including phenoxy) is 1. The Bertz CT molecular complexity index is 431. The van der Waals surface area contributed by atoms with Crippen LogP contribution in [0.4, 0.5) is 0 Å². The smallest absolute Gasteiger partial charge is 0.294 e. The molecule has 15 heavy (non-hydrogen) atoms. The molecule has 1 aliphatic rings. The summed E-state index contributed by atoms with van der Waals surface area (Å²) in [5, 5.41) is 0. The van der Waals surface area contributed by atoms with Crippen LogP contribution in [0.2, 0.25) is 0 Å². The summed E-state index contributed by atoms with van der Waals surface area (Å²) in [6, 6.07) is 6.29. The zero-order valence-corrected chi connectivity index (χ0v) is 8.90. The number of rotatable bonds is 3. The molecule has 0 amide bonds. The topological polar surface area (TPSA) is 63.6 Å². The molecule has 2 rings (SSSR count). The summed E-state index contributed by atoms with van der Waals surface area (Å²) in [6.45, 7) is 1.56. The van der Waals surface area contributed by atoms with Gasteiger partial charge in [-0.25, -0.2) is 0 Å². The van der Waals surface area contributed by atoms with Crippen LogP contribution in [0.25, 0.3) is 0 Å². The second-order valence-electron chi connectivity index (χ2n) is 3.73. The largest absolute Gasteiger partial charge is 0.381 e. The van der Waals surface area contributed by atoms with E-state index in [1.807, 2.05) is 0 Å². The van der Waals surface area contributed by atoms with Crippen molar-refractivity contribution in [3.63, 3.8) is 0 Å². The van der Waals surface area contributed by atoms with Crippen molar-refractivity contribution in [2.75, 3.05) is 13.2 Å². The summed E-state index contributed by atoms with van der Waals surface area (Å²) in [7, 11) is -4.06. The summed E-state index contributed by atoms with van der Waals surface area (Å²) in [4.78, 5) is -0.0592. The lowest BCUT2D eigenvalue weighted by molar-refractivity contribution is -0.0312. The van der Waals surface area contributed by atoms with Gasteiger partial charge >= 0.3 is 0 Å². The molecule has 0 spiro atoms. The fourth-order valence-corrected chi connectivity index (χ4v) is 2.01. The van der Waals surface area contributed by atoms with Gasteiger partial charge in [-0.3, -0.25) is 4.55 Å². The van der Waals surface area contributed by atoms with Gasteiger partial charge < -0.3 is 4.74 Å². The Balaban J connectivity index is 2.09. The van der Waals surface area contributed by atoms with Crippen molar-refractivity contribution in [3.8, 4) is 0 Å².